The van der Waals surface area contributed by atoms with E-state index in [1.807, 2.05) is 36.4 Å². The quantitative estimate of drug-likeness (QED) is 0.251. The Morgan fingerprint density at radius 3 is 2.38 bits per heavy atom. The highest BCUT2D eigenvalue weighted by atomic mass is 15.1. The third-order valence-corrected chi connectivity index (χ3v) is 6.82. The van der Waals surface area contributed by atoms with E-state index in [1.54, 1.807) is 0 Å². The summed E-state index contributed by atoms with van der Waals surface area (Å²) in [4.78, 5) is 5.00. The summed E-state index contributed by atoms with van der Waals surface area (Å²) in [5, 5.41) is 11.6. The van der Waals surface area contributed by atoms with E-state index in [0.29, 0.717) is 5.56 Å². The summed E-state index contributed by atoms with van der Waals surface area (Å²) in [6.07, 6.45) is 3.06. The van der Waals surface area contributed by atoms with Crippen molar-refractivity contribution in [3.05, 3.63) is 138 Å². The van der Waals surface area contributed by atoms with Gasteiger partial charge < -0.3 is 0 Å². The number of imidazole rings is 1. The number of benzene rings is 5. The molecule has 1 heterocycles. The Balaban J connectivity index is 1.42. The molecular weight excluding hydrogens is 450 g/mol. The van der Waals surface area contributed by atoms with Gasteiger partial charge in [-0.15, -0.1) is 0 Å². The van der Waals surface area contributed by atoms with Gasteiger partial charge in [-0.25, -0.2) is 4.98 Å². The van der Waals surface area contributed by atoms with Gasteiger partial charge in [0.1, 0.15) is 5.82 Å². The maximum Gasteiger partial charge on any atom is 0.141 e. The maximum atomic E-state index is 9.21. The van der Waals surface area contributed by atoms with E-state index >= 15 is 0 Å². The molecule has 0 atom stereocenters. The monoisotopic (exact) mass is 475 g/mol. The third-order valence-electron chi connectivity index (χ3n) is 6.82. The molecular formula is C34H25N3. The fourth-order valence-electron chi connectivity index (χ4n) is 4.94. The number of hydrogen-bond acceptors (Lipinski definition) is 2. The normalized spacial score (nSPS) is 11.6. The van der Waals surface area contributed by atoms with E-state index in [1.165, 1.54) is 21.9 Å². The minimum absolute atomic E-state index is 0.670. The first-order valence-corrected chi connectivity index (χ1v) is 12.4. The van der Waals surface area contributed by atoms with E-state index in [4.69, 9.17) is 4.98 Å². The summed E-state index contributed by atoms with van der Waals surface area (Å²) in [6.45, 7) is 2.14. The van der Waals surface area contributed by atoms with Gasteiger partial charge in [-0.3, -0.25) is 4.57 Å². The van der Waals surface area contributed by atoms with Crippen molar-refractivity contribution in [1.82, 2.24) is 9.55 Å². The molecule has 0 amide bonds. The summed E-state index contributed by atoms with van der Waals surface area (Å²) >= 11 is 0. The Hall–Kier alpha value is -4.94. The molecule has 1 aromatic heterocycles. The second kappa shape index (κ2) is 9.60. The van der Waals surface area contributed by atoms with Crippen molar-refractivity contribution in [2.45, 2.75) is 13.3 Å². The SMILES string of the molecule is C/C(=C\Cc1cc(-c2ccc(C#N)cc2)c2ccccc2c1)c1nc2ccccc2n1-c1ccccc1. The molecule has 0 aliphatic rings. The molecule has 0 aliphatic carbocycles. The van der Waals surface area contributed by atoms with Crippen molar-refractivity contribution in [2.75, 3.05) is 0 Å². The molecule has 3 nitrogen and oxygen atoms in total. The Bertz CT molecular complexity index is 1800. The summed E-state index contributed by atoms with van der Waals surface area (Å²) < 4.78 is 2.24. The molecule has 176 valence electrons. The first kappa shape index (κ1) is 22.5. The smallest absolute Gasteiger partial charge is 0.141 e. The van der Waals surface area contributed by atoms with Crippen molar-refractivity contribution in [2.24, 2.45) is 0 Å². The Morgan fingerprint density at radius 1 is 0.838 bits per heavy atom. The van der Waals surface area contributed by atoms with Crippen LogP contribution in [0, 0.1) is 11.3 Å². The van der Waals surface area contributed by atoms with Crippen LogP contribution in [0.5, 0.6) is 0 Å². The fraction of sp³-hybridized carbons (Fsp3) is 0.0588. The van der Waals surface area contributed by atoms with Crippen molar-refractivity contribution in [3.63, 3.8) is 0 Å². The molecule has 0 saturated carbocycles. The number of nitriles is 1. The van der Waals surface area contributed by atoms with Gasteiger partial charge in [0.2, 0.25) is 0 Å². The van der Waals surface area contributed by atoms with Gasteiger partial charge in [0, 0.05) is 5.69 Å². The van der Waals surface area contributed by atoms with Crippen molar-refractivity contribution in [1.29, 1.82) is 5.26 Å². The predicted octanol–water partition coefficient (Wildman–Crippen LogP) is 8.36. The zero-order chi connectivity index (χ0) is 25.2. The van der Waals surface area contributed by atoms with Gasteiger partial charge in [0.25, 0.3) is 0 Å². The van der Waals surface area contributed by atoms with Gasteiger partial charge in [-0.05, 0) is 82.8 Å². The molecule has 0 bridgehead atoms. The van der Waals surface area contributed by atoms with Crippen LogP contribution in [0.2, 0.25) is 0 Å². The van der Waals surface area contributed by atoms with Crippen LogP contribution >= 0.6 is 0 Å². The molecule has 0 spiro atoms. The largest absolute Gasteiger partial charge is 0.293 e. The van der Waals surface area contributed by atoms with E-state index < -0.39 is 0 Å². The lowest BCUT2D eigenvalue weighted by Crippen LogP contribution is -2.00. The number of hydrogen-bond donors (Lipinski definition) is 0. The molecule has 6 rings (SSSR count). The second-order valence-electron chi connectivity index (χ2n) is 9.24. The van der Waals surface area contributed by atoms with E-state index in [2.05, 4.69) is 102 Å². The highest BCUT2D eigenvalue weighted by Crippen LogP contribution is 2.32. The van der Waals surface area contributed by atoms with Crippen LogP contribution in [0.25, 0.3) is 44.2 Å². The van der Waals surface area contributed by atoms with E-state index in [9.17, 15) is 5.26 Å². The topological polar surface area (TPSA) is 41.6 Å². The molecule has 6 aromatic rings. The minimum atomic E-state index is 0.670. The van der Waals surface area contributed by atoms with Crippen molar-refractivity contribution in [3.8, 4) is 22.9 Å². The number of para-hydroxylation sites is 3. The van der Waals surface area contributed by atoms with E-state index in [-0.39, 0.29) is 0 Å². The lowest BCUT2D eigenvalue weighted by Gasteiger charge is -2.12. The number of aromatic nitrogens is 2. The molecule has 0 aliphatic heterocycles. The summed E-state index contributed by atoms with van der Waals surface area (Å²) in [6, 6.07) is 41.8. The van der Waals surface area contributed by atoms with Crippen LogP contribution in [-0.4, -0.2) is 9.55 Å². The van der Waals surface area contributed by atoms with Crippen molar-refractivity contribution >= 4 is 27.4 Å². The average molecular weight is 476 g/mol. The first-order valence-electron chi connectivity index (χ1n) is 12.4. The Labute approximate surface area is 216 Å². The molecule has 3 heteroatoms. The van der Waals surface area contributed by atoms with Gasteiger partial charge in [0.15, 0.2) is 0 Å². The molecule has 37 heavy (non-hydrogen) atoms. The number of nitrogens with zero attached hydrogens (tertiary/aromatic N) is 3. The fourth-order valence-corrected chi connectivity index (χ4v) is 4.94. The lowest BCUT2D eigenvalue weighted by molar-refractivity contribution is 1.05. The van der Waals surface area contributed by atoms with Crippen LogP contribution in [0.3, 0.4) is 0 Å². The number of allylic oxidation sites excluding steroid dienone is 2. The average Bonchev–Trinajstić information content (AvgIpc) is 3.36. The van der Waals surface area contributed by atoms with Crippen LogP contribution in [0.15, 0.2) is 121 Å². The molecule has 0 unspecified atom stereocenters. The second-order valence-corrected chi connectivity index (χ2v) is 9.24. The van der Waals surface area contributed by atoms with E-state index in [0.717, 1.165) is 40.1 Å². The zero-order valence-corrected chi connectivity index (χ0v) is 20.6. The Kier molecular flexibility index (Phi) is 5.84. The Morgan fingerprint density at radius 2 is 1.57 bits per heavy atom. The third kappa shape index (κ3) is 4.30. The maximum absolute atomic E-state index is 9.21. The van der Waals surface area contributed by atoms with Gasteiger partial charge in [-0.1, -0.05) is 84.9 Å². The molecule has 0 radical (unpaired) electrons. The molecule has 0 N–H and O–H groups in total. The van der Waals surface area contributed by atoms with Crippen LogP contribution in [-0.2, 0) is 6.42 Å². The summed E-state index contributed by atoms with van der Waals surface area (Å²) in [5.74, 6) is 0.959. The highest BCUT2D eigenvalue weighted by molar-refractivity contribution is 5.97. The first-order chi connectivity index (χ1) is 18.2. The highest BCUT2D eigenvalue weighted by Gasteiger charge is 2.14. The standard InChI is InChI=1S/C34H25N3/c1-24(34-36-32-13-7-8-14-33(32)37(34)29-10-3-2-4-11-29)15-16-26-21-28-9-5-6-12-30(28)31(22-26)27-19-17-25(23-35)18-20-27/h2-15,17-22H,16H2,1H3/b24-15+. The van der Waals surface area contributed by atoms with Crippen molar-refractivity contribution < 1.29 is 0 Å². The van der Waals surface area contributed by atoms with Crippen LogP contribution in [0.4, 0.5) is 0 Å². The molecule has 0 fully saturated rings. The predicted molar refractivity (Wildman–Crippen MR) is 153 cm³/mol. The minimum Gasteiger partial charge on any atom is -0.293 e. The van der Waals surface area contributed by atoms with Crippen LogP contribution in [0.1, 0.15) is 23.9 Å². The van der Waals surface area contributed by atoms with Crippen LogP contribution < -0.4 is 0 Å². The lowest BCUT2D eigenvalue weighted by atomic mass is 9.94. The van der Waals surface area contributed by atoms with Gasteiger partial charge in [-0.2, -0.15) is 5.26 Å². The molecule has 5 aromatic carbocycles. The summed E-state index contributed by atoms with van der Waals surface area (Å²) in [7, 11) is 0. The summed E-state index contributed by atoms with van der Waals surface area (Å²) in [5.41, 5.74) is 8.53. The zero-order valence-electron chi connectivity index (χ0n) is 20.6. The number of fused-ring (bicyclic) bond motifs is 2. The van der Waals surface area contributed by atoms with Gasteiger partial charge in [0.05, 0.1) is 22.7 Å². The molecule has 0 saturated heterocycles. The number of rotatable bonds is 5. The van der Waals surface area contributed by atoms with Gasteiger partial charge >= 0.3 is 0 Å².